The molecule has 0 atom stereocenters. The summed E-state index contributed by atoms with van der Waals surface area (Å²) in [6.45, 7) is 6.67. The maximum atomic E-state index is 6.61. The molecule has 4 heterocycles. The number of aromatic nitrogens is 3. The van der Waals surface area contributed by atoms with Gasteiger partial charge in [-0.15, -0.1) is 35.0 Å². The van der Waals surface area contributed by atoms with Crippen molar-refractivity contribution in [3.8, 4) is 28.4 Å². The van der Waals surface area contributed by atoms with Crippen molar-refractivity contribution in [3.05, 3.63) is 157 Å². The molecule has 6 heteroatoms. The minimum Gasteiger partial charge on any atom is -0.510 e. The van der Waals surface area contributed by atoms with Crippen LogP contribution < -0.4 is 9.31 Å². The molecule has 0 amide bonds. The van der Waals surface area contributed by atoms with Crippen molar-refractivity contribution in [1.29, 1.82) is 0 Å². The molecule has 10 rings (SSSR count). The number of ether oxygens (including phenoxy) is 1. The Kier molecular flexibility index (Phi) is 7.53. The molecule has 0 N–H and O–H groups in total. The van der Waals surface area contributed by atoms with Crippen LogP contribution in [0.2, 0.25) is 0 Å². The van der Waals surface area contributed by atoms with Crippen LogP contribution >= 0.6 is 0 Å². The van der Waals surface area contributed by atoms with Crippen LogP contribution in [0.4, 0.5) is 11.4 Å². The molecule has 9 aromatic rings. The van der Waals surface area contributed by atoms with Crippen LogP contribution in [-0.2, 0) is 26.5 Å². The Morgan fingerprint density at radius 1 is 0.635 bits per heavy atom. The average molecular weight is 852 g/mol. The zero-order chi connectivity index (χ0) is 34.3. The van der Waals surface area contributed by atoms with Gasteiger partial charge in [-0.1, -0.05) is 104 Å². The molecule has 0 unspecified atom stereocenters. The minimum absolute atomic E-state index is 0. The van der Waals surface area contributed by atoms with Crippen LogP contribution in [0.5, 0.6) is 11.5 Å². The maximum Gasteiger partial charge on any atom is 0.268 e. The Balaban J connectivity index is 0.00000360. The fourth-order valence-electron chi connectivity index (χ4n) is 7.47. The summed E-state index contributed by atoms with van der Waals surface area (Å²) in [6, 6.07) is 53.6. The van der Waals surface area contributed by atoms with Crippen molar-refractivity contribution in [1.82, 2.24) is 18.7 Å². The van der Waals surface area contributed by atoms with Gasteiger partial charge in [-0.25, -0.2) is 4.98 Å². The number of nitrogens with zero attached hydrogens (tertiary/aromatic N) is 4. The first-order chi connectivity index (χ1) is 24.9. The minimum atomic E-state index is -0.0125. The molecule has 52 heavy (non-hydrogen) atoms. The van der Waals surface area contributed by atoms with E-state index in [4.69, 9.17) is 9.72 Å². The van der Waals surface area contributed by atoms with Crippen LogP contribution in [0.25, 0.3) is 60.6 Å². The predicted molar refractivity (Wildman–Crippen MR) is 208 cm³/mol. The molecule has 0 spiro atoms. The van der Waals surface area contributed by atoms with Gasteiger partial charge in [0.2, 0.25) is 0 Å². The van der Waals surface area contributed by atoms with Crippen molar-refractivity contribution >= 4 is 61.3 Å². The van der Waals surface area contributed by atoms with Crippen molar-refractivity contribution < 1.29 is 25.8 Å². The van der Waals surface area contributed by atoms with E-state index in [0.717, 1.165) is 71.9 Å². The molecule has 0 saturated carbocycles. The second-order valence-corrected chi connectivity index (χ2v) is 14.1. The van der Waals surface area contributed by atoms with E-state index < -0.39 is 0 Å². The van der Waals surface area contributed by atoms with Crippen LogP contribution in [0.15, 0.2) is 140 Å². The molecule has 0 bridgehead atoms. The molecule has 3 aromatic heterocycles. The quantitative estimate of drug-likeness (QED) is 0.131. The summed E-state index contributed by atoms with van der Waals surface area (Å²) >= 11 is 0. The average Bonchev–Trinajstić information content (AvgIpc) is 3.60. The second-order valence-electron chi connectivity index (χ2n) is 14.1. The summed E-state index contributed by atoms with van der Waals surface area (Å²) in [4.78, 5) is 4.83. The van der Waals surface area contributed by atoms with E-state index in [9.17, 15) is 0 Å². The zero-order valence-corrected chi connectivity index (χ0v) is 31.1. The van der Waals surface area contributed by atoms with Crippen LogP contribution in [-0.4, -0.2) is 20.5 Å². The Labute approximate surface area is 316 Å². The number of para-hydroxylation sites is 4. The second kappa shape index (κ2) is 12.2. The molecular formula is C46H32N4OPt-2. The molecular weight excluding hydrogens is 820 g/mol. The van der Waals surface area contributed by atoms with Crippen molar-refractivity contribution in [2.24, 2.45) is 0 Å². The summed E-state index contributed by atoms with van der Waals surface area (Å²) in [6.07, 6.45) is 5.63. The molecule has 5 nitrogen and oxygen atoms in total. The van der Waals surface area contributed by atoms with E-state index in [2.05, 4.69) is 168 Å². The van der Waals surface area contributed by atoms with Gasteiger partial charge in [0.1, 0.15) is 5.82 Å². The van der Waals surface area contributed by atoms with Crippen LogP contribution in [0.3, 0.4) is 0 Å². The standard InChI is InChI=1S/C46H32N4O.Pt/c1-46(2,3)30-24-25-47-44(26-30)50-41-19-10-8-14-34(41)36-22-20-33(28-43(36)50)51-32-21-23-37-39-17-11-16-38-35-15-7-9-18-40(35)48(31-12-5-4-6-13-31)29-49(45(38)39)42(37)27-32;/h4-26H,1-3H3;/q-2;. The molecule has 0 aliphatic carbocycles. The normalized spacial score (nSPS) is 12.5. The Bertz CT molecular complexity index is 2880. The van der Waals surface area contributed by atoms with Gasteiger partial charge >= 0.3 is 0 Å². The Hall–Kier alpha value is -5.77. The fourth-order valence-corrected chi connectivity index (χ4v) is 7.47. The maximum absolute atomic E-state index is 6.61. The molecule has 0 radical (unpaired) electrons. The summed E-state index contributed by atoms with van der Waals surface area (Å²) < 4.78 is 13.1. The smallest absolute Gasteiger partial charge is 0.268 e. The zero-order valence-electron chi connectivity index (χ0n) is 28.8. The van der Waals surface area contributed by atoms with Crippen LogP contribution in [0.1, 0.15) is 26.3 Å². The van der Waals surface area contributed by atoms with E-state index >= 15 is 0 Å². The third-order valence-corrected chi connectivity index (χ3v) is 9.94. The topological polar surface area (TPSA) is 35.0 Å². The number of fused-ring (bicyclic) bond motifs is 8. The first-order valence-corrected chi connectivity index (χ1v) is 17.2. The number of hydrogen-bond acceptors (Lipinski definition) is 2. The van der Waals surface area contributed by atoms with Crippen molar-refractivity contribution in [2.75, 3.05) is 0 Å². The molecule has 1 aliphatic rings. The SMILES string of the molecule is CC(C)(C)c1ccnc(-n2c3[c-]c(Oc4[c-]c5c(cc4)c4cccc6c4n5[C-]=[N+](c4ccccc4)c4ccccc4-6)ccc3c3ccccc32)c1.[Pt]. The third-order valence-electron chi connectivity index (χ3n) is 9.94. The van der Waals surface area contributed by atoms with Gasteiger partial charge in [-0.3, -0.25) is 4.58 Å². The summed E-state index contributed by atoms with van der Waals surface area (Å²) in [7, 11) is 0. The largest absolute Gasteiger partial charge is 0.510 e. The van der Waals surface area contributed by atoms with Gasteiger partial charge in [0.25, 0.3) is 6.34 Å². The first kappa shape index (κ1) is 32.2. The number of hydrogen-bond donors (Lipinski definition) is 0. The van der Waals surface area contributed by atoms with Gasteiger partial charge < -0.3 is 13.9 Å². The van der Waals surface area contributed by atoms with Crippen molar-refractivity contribution in [2.45, 2.75) is 26.2 Å². The monoisotopic (exact) mass is 851 g/mol. The molecule has 0 fully saturated rings. The molecule has 254 valence electrons. The van der Waals surface area contributed by atoms with Gasteiger partial charge in [-0.2, -0.15) is 12.1 Å². The fraction of sp³-hybridized carbons (Fsp3) is 0.0870. The van der Waals surface area contributed by atoms with Crippen LogP contribution in [0, 0.1) is 12.1 Å². The van der Waals surface area contributed by atoms with E-state index in [1.807, 2.05) is 24.4 Å². The predicted octanol–water partition coefficient (Wildman–Crippen LogP) is 11.2. The summed E-state index contributed by atoms with van der Waals surface area (Å²) in [5.74, 6) is 2.06. The van der Waals surface area contributed by atoms with E-state index in [-0.39, 0.29) is 26.5 Å². The molecule has 1 aliphatic heterocycles. The van der Waals surface area contributed by atoms with Gasteiger partial charge in [0.15, 0.2) is 0 Å². The van der Waals surface area contributed by atoms with Gasteiger partial charge in [-0.05, 0) is 69.4 Å². The molecule has 6 aromatic carbocycles. The third kappa shape index (κ3) is 5.03. The van der Waals surface area contributed by atoms with E-state index in [1.54, 1.807) is 0 Å². The van der Waals surface area contributed by atoms with Gasteiger partial charge in [0.05, 0.1) is 16.9 Å². The number of rotatable bonds is 4. The Morgan fingerprint density at radius 3 is 2.12 bits per heavy atom. The summed E-state index contributed by atoms with van der Waals surface area (Å²) in [5.41, 5.74) is 9.58. The van der Waals surface area contributed by atoms with Gasteiger partial charge in [0, 0.05) is 44.3 Å². The first-order valence-electron chi connectivity index (χ1n) is 17.2. The molecule has 0 saturated heterocycles. The van der Waals surface area contributed by atoms with E-state index in [1.165, 1.54) is 5.56 Å². The number of benzene rings is 6. The van der Waals surface area contributed by atoms with Crippen molar-refractivity contribution in [3.63, 3.8) is 0 Å². The number of pyridine rings is 1. The Morgan fingerprint density at radius 2 is 1.31 bits per heavy atom. The van der Waals surface area contributed by atoms with E-state index in [0.29, 0.717) is 11.5 Å². The summed E-state index contributed by atoms with van der Waals surface area (Å²) in [5, 5.41) is 4.47.